The van der Waals surface area contributed by atoms with Gasteiger partial charge >= 0.3 is 0 Å². The van der Waals surface area contributed by atoms with Crippen LogP contribution in [0, 0.1) is 30.1 Å². The first-order chi connectivity index (χ1) is 9.71. The van der Waals surface area contributed by atoms with Crippen molar-refractivity contribution in [2.75, 3.05) is 6.54 Å². The molecule has 0 aliphatic heterocycles. The van der Waals surface area contributed by atoms with Crippen LogP contribution in [0.5, 0.6) is 0 Å². The Morgan fingerprint density at radius 3 is 3.00 bits per heavy atom. The number of amides is 1. The molecule has 106 valence electrons. The van der Waals surface area contributed by atoms with E-state index in [0.29, 0.717) is 23.8 Å². The fourth-order valence-electron chi connectivity index (χ4n) is 4.32. The van der Waals surface area contributed by atoms with Gasteiger partial charge in [0, 0.05) is 24.4 Å². The number of carbonyl (C=O) groups excluding carboxylic acids is 1. The van der Waals surface area contributed by atoms with E-state index in [1.54, 1.807) is 6.20 Å². The molecule has 1 N–H and O–H groups in total. The van der Waals surface area contributed by atoms with E-state index in [1.165, 1.54) is 12.8 Å². The molecule has 1 heterocycles. The Balaban J connectivity index is 1.33. The number of nitrogens with zero attached hydrogens (tertiary/aromatic N) is 2. The van der Waals surface area contributed by atoms with Crippen molar-refractivity contribution in [3.8, 4) is 0 Å². The van der Waals surface area contributed by atoms with Gasteiger partial charge in [0.2, 0.25) is 5.91 Å². The molecule has 0 unspecified atom stereocenters. The maximum Gasteiger partial charge on any atom is 0.223 e. The number of hydrogen-bond acceptors (Lipinski definition) is 2. The van der Waals surface area contributed by atoms with E-state index < -0.39 is 0 Å². The topological polar surface area (TPSA) is 46.9 Å². The Morgan fingerprint density at radius 1 is 1.50 bits per heavy atom. The average Bonchev–Trinajstić information content (AvgIpc) is 2.94. The smallest absolute Gasteiger partial charge is 0.223 e. The minimum atomic E-state index is 0.214. The van der Waals surface area contributed by atoms with Crippen molar-refractivity contribution in [2.24, 2.45) is 23.2 Å². The Kier molecular flexibility index (Phi) is 2.56. The highest BCUT2D eigenvalue weighted by Gasteiger charge is 2.63. The number of allylic oxidation sites excluding steroid dienone is 2. The standard InChI is InChI=1S/C16H21N3O/c1-11-4-7-18-19(11)9-8-17-15(20)13-10-12-2-3-14(13)16(12)5-6-16/h2-4,7,12-14H,5-6,8-10H2,1H3,(H,17,20)/t12-,13+,14-/m1/s1. The zero-order valence-corrected chi connectivity index (χ0v) is 11.9. The van der Waals surface area contributed by atoms with Crippen molar-refractivity contribution >= 4 is 5.91 Å². The van der Waals surface area contributed by atoms with Crippen LogP contribution in [0.15, 0.2) is 24.4 Å². The molecule has 3 aliphatic rings. The fraction of sp³-hybridized carbons (Fsp3) is 0.625. The lowest BCUT2D eigenvalue weighted by molar-refractivity contribution is -0.125. The van der Waals surface area contributed by atoms with E-state index in [9.17, 15) is 4.79 Å². The lowest BCUT2D eigenvalue weighted by Crippen LogP contribution is -2.35. The second kappa shape index (κ2) is 4.21. The zero-order valence-electron chi connectivity index (χ0n) is 11.9. The third kappa shape index (κ3) is 1.67. The lowest BCUT2D eigenvalue weighted by atomic mass is 9.88. The lowest BCUT2D eigenvalue weighted by Gasteiger charge is -2.19. The maximum absolute atomic E-state index is 12.4. The first-order valence-corrected chi connectivity index (χ1v) is 7.65. The van der Waals surface area contributed by atoms with Crippen molar-refractivity contribution in [1.29, 1.82) is 0 Å². The Bertz CT molecular complexity index is 570. The summed E-state index contributed by atoms with van der Waals surface area (Å²) in [5.41, 5.74) is 1.64. The predicted octanol–water partition coefficient (Wildman–Crippen LogP) is 1.91. The van der Waals surface area contributed by atoms with Crippen molar-refractivity contribution in [2.45, 2.75) is 32.7 Å². The highest BCUT2D eigenvalue weighted by Crippen LogP contribution is 2.70. The van der Waals surface area contributed by atoms with Gasteiger partial charge in [0.15, 0.2) is 0 Å². The molecule has 0 saturated heterocycles. The number of aromatic nitrogens is 2. The van der Waals surface area contributed by atoms with Crippen molar-refractivity contribution in [1.82, 2.24) is 15.1 Å². The van der Waals surface area contributed by atoms with Crippen LogP contribution in [-0.4, -0.2) is 22.2 Å². The molecule has 4 nitrogen and oxygen atoms in total. The molecule has 3 atom stereocenters. The summed E-state index contributed by atoms with van der Waals surface area (Å²) in [6, 6.07) is 1.99. The second-order valence-electron chi connectivity index (χ2n) is 6.58. The summed E-state index contributed by atoms with van der Waals surface area (Å²) in [4.78, 5) is 12.4. The minimum Gasteiger partial charge on any atom is -0.354 e. The van der Waals surface area contributed by atoms with E-state index in [2.05, 4.69) is 22.6 Å². The van der Waals surface area contributed by atoms with Crippen LogP contribution in [0.1, 0.15) is 25.0 Å². The molecule has 4 heteroatoms. The minimum absolute atomic E-state index is 0.214. The van der Waals surface area contributed by atoms with Crippen molar-refractivity contribution in [3.05, 3.63) is 30.1 Å². The highest BCUT2D eigenvalue weighted by molar-refractivity contribution is 5.80. The molecule has 3 aliphatic carbocycles. The molecule has 1 aromatic rings. The van der Waals surface area contributed by atoms with E-state index >= 15 is 0 Å². The van der Waals surface area contributed by atoms with Crippen LogP contribution in [0.4, 0.5) is 0 Å². The summed E-state index contributed by atoms with van der Waals surface area (Å²) >= 11 is 0. The van der Waals surface area contributed by atoms with Crippen LogP contribution in [0.3, 0.4) is 0 Å². The van der Waals surface area contributed by atoms with Crippen molar-refractivity contribution in [3.63, 3.8) is 0 Å². The van der Waals surface area contributed by atoms with Gasteiger partial charge in [-0.1, -0.05) is 12.2 Å². The molecule has 4 rings (SSSR count). The molecule has 2 fully saturated rings. The predicted molar refractivity (Wildman–Crippen MR) is 75.9 cm³/mol. The first-order valence-electron chi connectivity index (χ1n) is 7.65. The van der Waals surface area contributed by atoms with Crippen LogP contribution in [-0.2, 0) is 11.3 Å². The number of carbonyl (C=O) groups is 1. The Hall–Kier alpha value is -1.58. The van der Waals surface area contributed by atoms with Gasteiger partial charge in [-0.25, -0.2) is 0 Å². The van der Waals surface area contributed by atoms with E-state index in [4.69, 9.17) is 0 Å². The van der Waals surface area contributed by atoms with Crippen LogP contribution in [0.2, 0.25) is 0 Å². The molecular formula is C16H21N3O. The number of rotatable bonds is 4. The molecular weight excluding hydrogens is 250 g/mol. The third-order valence-corrected chi connectivity index (χ3v) is 5.61. The quantitative estimate of drug-likeness (QED) is 0.850. The average molecular weight is 271 g/mol. The summed E-state index contributed by atoms with van der Waals surface area (Å²) in [6.45, 7) is 3.46. The van der Waals surface area contributed by atoms with E-state index in [0.717, 1.165) is 18.7 Å². The summed E-state index contributed by atoms with van der Waals surface area (Å²) in [6.07, 6.45) is 10.2. The number of hydrogen-bond donors (Lipinski definition) is 1. The highest BCUT2D eigenvalue weighted by atomic mass is 16.1. The SMILES string of the molecule is Cc1ccnn1CCNC(=O)[C@H]1C[C@H]2C=C[C@H]1C21CC1. The van der Waals surface area contributed by atoms with Gasteiger partial charge in [0.25, 0.3) is 0 Å². The van der Waals surface area contributed by atoms with Crippen LogP contribution < -0.4 is 5.32 Å². The molecule has 0 radical (unpaired) electrons. The second-order valence-corrected chi connectivity index (χ2v) is 6.58. The monoisotopic (exact) mass is 271 g/mol. The summed E-state index contributed by atoms with van der Waals surface area (Å²) in [5, 5.41) is 7.34. The van der Waals surface area contributed by atoms with Crippen LogP contribution >= 0.6 is 0 Å². The van der Waals surface area contributed by atoms with Gasteiger partial charge < -0.3 is 5.32 Å². The molecule has 1 amide bonds. The molecule has 20 heavy (non-hydrogen) atoms. The molecule has 1 spiro atoms. The summed E-state index contributed by atoms with van der Waals surface area (Å²) < 4.78 is 1.93. The molecule has 2 bridgehead atoms. The van der Waals surface area contributed by atoms with E-state index in [1.807, 2.05) is 17.7 Å². The van der Waals surface area contributed by atoms with Gasteiger partial charge in [-0.15, -0.1) is 0 Å². The summed E-state index contributed by atoms with van der Waals surface area (Å²) in [7, 11) is 0. The van der Waals surface area contributed by atoms with Gasteiger partial charge in [0.1, 0.15) is 0 Å². The zero-order chi connectivity index (χ0) is 13.7. The molecule has 2 saturated carbocycles. The normalized spacial score (nSPS) is 31.9. The van der Waals surface area contributed by atoms with E-state index in [-0.39, 0.29) is 11.8 Å². The summed E-state index contributed by atoms with van der Waals surface area (Å²) in [5.74, 6) is 1.65. The van der Waals surface area contributed by atoms with Gasteiger partial charge in [-0.05, 0) is 49.5 Å². The fourth-order valence-corrected chi connectivity index (χ4v) is 4.32. The number of nitrogens with one attached hydrogen (secondary N) is 1. The van der Waals surface area contributed by atoms with Gasteiger partial charge in [-0.2, -0.15) is 5.10 Å². The largest absolute Gasteiger partial charge is 0.354 e. The van der Waals surface area contributed by atoms with Gasteiger partial charge in [0.05, 0.1) is 6.54 Å². The van der Waals surface area contributed by atoms with Gasteiger partial charge in [-0.3, -0.25) is 9.48 Å². The number of aryl methyl sites for hydroxylation is 1. The third-order valence-electron chi connectivity index (χ3n) is 5.61. The Labute approximate surface area is 119 Å². The Morgan fingerprint density at radius 2 is 2.35 bits per heavy atom. The van der Waals surface area contributed by atoms with Crippen molar-refractivity contribution < 1.29 is 4.79 Å². The molecule has 1 aromatic heterocycles. The maximum atomic E-state index is 12.4. The molecule has 0 aromatic carbocycles. The first kappa shape index (κ1) is 12.2. The van der Waals surface area contributed by atoms with Crippen LogP contribution in [0.25, 0.3) is 0 Å².